The van der Waals surface area contributed by atoms with Crippen molar-refractivity contribution in [3.8, 4) is 5.75 Å². The zero-order chi connectivity index (χ0) is 13.4. The van der Waals surface area contributed by atoms with Crippen LogP contribution in [0, 0.1) is 0 Å². The van der Waals surface area contributed by atoms with E-state index in [0.29, 0.717) is 5.75 Å². The van der Waals surface area contributed by atoms with Crippen molar-refractivity contribution in [3.05, 3.63) is 22.7 Å². The number of sulfone groups is 1. The Labute approximate surface area is 106 Å². The van der Waals surface area contributed by atoms with Gasteiger partial charge in [0.1, 0.15) is 10.6 Å². The summed E-state index contributed by atoms with van der Waals surface area (Å²) in [5.74, 6) is 0.294. The zero-order valence-electron chi connectivity index (χ0n) is 9.82. The first-order valence-electron chi connectivity index (χ1n) is 4.74. The lowest BCUT2D eigenvalue weighted by molar-refractivity contribution is 0.403. The van der Waals surface area contributed by atoms with Gasteiger partial charge in [0.25, 0.3) is 0 Å². The Morgan fingerprint density at radius 3 is 2.35 bits per heavy atom. The highest BCUT2D eigenvalue weighted by Crippen LogP contribution is 2.39. The predicted octanol–water partition coefficient (Wildman–Crippen LogP) is 1.11. The van der Waals surface area contributed by atoms with E-state index >= 15 is 0 Å². The van der Waals surface area contributed by atoms with E-state index in [9.17, 15) is 8.42 Å². The van der Waals surface area contributed by atoms with Gasteiger partial charge in [0, 0.05) is 6.26 Å². The highest BCUT2D eigenvalue weighted by atomic mass is 35.5. The van der Waals surface area contributed by atoms with E-state index in [1.54, 1.807) is 0 Å². The lowest BCUT2D eigenvalue weighted by Crippen LogP contribution is -2.42. The molecule has 0 radical (unpaired) electrons. The van der Waals surface area contributed by atoms with Crippen LogP contribution in [0.25, 0.3) is 0 Å². The molecule has 17 heavy (non-hydrogen) atoms. The Morgan fingerprint density at radius 1 is 1.41 bits per heavy atom. The summed E-state index contributed by atoms with van der Waals surface area (Å²) in [6.07, 6.45) is 1.03. The number of ether oxygens (including phenoxy) is 1. The summed E-state index contributed by atoms with van der Waals surface area (Å²) in [7, 11) is -2.16. The fourth-order valence-electron chi connectivity index (χ4n) is 1.44. The number of halogens is 1. The van der Waals surface area contributed by atoms with Gasteiger partial charge in [-0.05, 0) is 19.1 Å². The summed E-state index contributed by atoms with van der Waals surface area (Å²) < 4.78 is 28.5. The summed E-state index contributed by atoms with van der Waals surface area (Å²) >= 11 is 5.87. The first-order valence-corrected chi connectivity index (χ1v) is 7.00. The smallest absolute Gasteiger partial charge is 0.170 e. The fourth-order valence-corrected chi connectivity index (χ4v) is 2.18. The van der Waals surface area contributed by atoms with Gasteiger partial charge in [0.05, 0.1) is 23.4 Å². The van der Waals surface area contributed by atoms with E-state index in [1.807, 2.05) is 0 Å². The number of rotatable bonds is 3. The van der Waals surface area contributed by atoms with Crippen LogP contribution in [-0.2, 0) is 14.7 Å². The molecule has 1 aromatic carbocycles. The maximum atomic E-state index is 11.7. The van der Waals surface area contributed by atoms with Crippen molar-refractivity contribution in [3.63, 3.8) is 0 Å². The Kier molecular flexibility index (Phi) is 3.61. The van der Waals surface area contributed by atoms with E-state index in [0.717, 1.165) is 6.26 Å². The van der Waals surface area contributed by atoms with Gasteiger partial charge < -0.3 is 16.2 Å². The molecule has 0 fully saturated rings. The molecule has 1 aromatic rings. The van der Waals surface area contributed by atoms with Gasteiger partial charge in [-0.2, -0.15) is 0 Å². The third kappa shape index (κ3) is 2.34. The van der Waals surface area contributed by atoms with Gasteiger partial charge >= 0.3 is 0 Å². The van der Waals surface area contributed by atoms with Crippen molar-refractivity contribution in [1.29, 1.82) is 0 Å². The predicted molar refractivity (Wildman–Crippen MR) is 68.8 cm³/mol. The third-order valence-corrected chi connectivity index (χ3v) is 4.71. The first-order chi connectivity index (χ1) is 7.63. The van der Waals surface area contributed by atoms with E-state index in [-0.39, 0.29) is 16.3 Å². The summed E-state index contributed by atoms with van der Waals surface area (Å²) in [5.41, 5.74) is 11.9. The molecule has 0 aliphatic rings. The molecule has 0 heterocycles. The normalized spacial score (nSPS) is 15.4. The number of nitrogen functional groups attached to an aromatic ring is 1. The van der Waals surface area contributed by atoms with Gasteiger partial charge in [0.15, 0.2) is 9.84 Å². The van der Waals surface area contributed by atoms with E-state index in [4.69, 9.17) is 27.8 Å². The molecule has 7 heteroatoms. The maximum absolute atomic E-state index is 11.7. The van der Waals surface area contributed by atoms with Crippen molar-refractivity contribution in [1.82, 2.24) is 0 Å². The molecular weight excluding hydrogens is 264 g/mol. The third-order valence-electron chi connectivity index (χ3n) is 2.64. The zero-order valence-corrected chi connectivity index (χ0v) is 11.4. The quantitative estimate of drug-likeness (QED) is 0.808. The van der Waals surface area contributed by atoms with Crippen molar-refractivity contribution < 1.29 is 13.2 Å². The summed E-state index contributed by atoms with van der Waals surface area (Å²) in [5, 5.41) is 0.237. The first kappa shape index (κ1) is 14.1. The van der Waals surface area contributed by atoms with Crippen LogP contribution in [0.4, 0.5) is 5.69 Å². The van der Waals surface area contributed by atoms with E-state index in [2.05, 4.69) is 0 Å². The second-order valence-corrected chi connectivity index (χ2v) is 6.72. The van der Waals surface area contributed by atoms with Gasteiger partial charge in [-0.15, -0.1) is 0 Å². The monoisotopic (exact) mass is 278 g/mol. The molecule has 0 aromatic heterocycles. The number of benzene rings is 1. The largest absolute Gasteiger partial charge is 0.496 e. The average Bonchev–Trinajstić information content (AvgIpc) is 2.19. The van der Waals surface area contributed by atoms with Crippen LogP contribution >= 0.6 is 11.6 Å². The minimum atomic E-state index is -3.57. The molecule has 96 valence electrons. The van der Waals surface area contributed by atoms with Crippen LogP contribution in [0.2, 0.25) is 5.02 Å². The molecule has 0 spiro atoms. The van der Waals surface area contributed by atoms with E-state index < -0.39 is 14.7 Å². The van der Waals surface area contributed by atoms with Crippen molar-refractivity contribution in [2.45, 2.75) is 11.8 Å². The summed E-state index contributed by atoms with van der Waals surface area (Å²) in [4.78, 5) is -1.66. The molecule has 0 saturated heterocycles. The molecule has 0 saturated carbocycles. The van der Waals surface area contributed by atoms with Crippen molar-refractivity contribution >= 4 is 27.1 Å². The van der Waals surface area contributed by atoms with Crippen LogP contribution in [0.1, 0.15) is 12.5 Å². The molecule has 5 nitrogen and oxygen atoms in total. The maximum Gasteiger partial charge on any atom is 0.170 e. The fraction of sp³-hybridized carbons (Fsp3) is 0.400. The highest BCUT2D eigenvalue weighted by molar-refractivity contribution is 7.91. The van der Waals surface area contributed by atoms with Crippen LogP contribution in [0.5, 0.6) is 5.75 Å². The molecular formula is C10H15ClN2O3S. The lowest BCUT2D eigenvalue weighted by atomic mass is 10.0. The number of hydrogen-bond donors (Lipinski definition) is 2. The molecule has 0 amide bonds. The Bertz CT molecular complexity index is 541. The highest BCUT2D eigenvalue weighted by Gasteiger charge is 2.38. The standard InChI is InChI=1S/C10H15ClN2O3S/c1-10(13,17(3,14)15)8-7(16-2)5-4-6(11)9(8)12/h4-5H,12-13H2,1-3H3. The number of anilines is 1. The second kappa shape index (κ2) is 4.36. The van der Waals surface area contributed by atoms with Gasteiger partial charge in [-0.1, -0.05) is 11.6 Å². The van der Waals surface area contributed by atoms with Crippen LogP contribution < -0.4 is 16.2 Å². The molecule has 0 aliphatic heterocycles. The Balaban J connectivity index is 3.66. The molecule has 0 bridgehead atoms. The van der Waals surface area contributed by atoms with Crippen molar-refractivity contribution in [2.75, 3.05) is 19.1 Å². The topological polar surface area (TPSA) is 95.4 Å². The molecule has 1 atom stereocenters. The SMILES string of the molecule is COc1ccc(Cl)c(N)c1C(C)(N)S(C)(=O)=O. The van der Waals surface area contributed by atoms with Gasteiger partial charge in [-0.25, -0.2) is 8.42 Å². The molecule has 1 unspecified atom stereocenters. The van der Waals surface area contributed by atoms with Crippen LogP contribution in [0.3, 0.4) is 0 Å². The van der Waals surface area contributed by atoms with Gasteiger partial charge in [0.2, 0.25) is 0 Å². The Hall–Kier alpha value is -0.980. The lowest BCUT2D eigenvalue weighted by Gasteiger charge is -2.26. The average molecular weight is 279 g/mol. The number of methoxy groups -OCH3 is 1. The number of hydrogen-bond acceptors (Lipinski definition) is 5. The minimum Gasteiger partial charge on any atom is -0.496 e. The molecule has 0 aliphatic carbocycles. The van der Waals surface area contributed by atoms with Crippen LogP contribution in [-0.4, -0.2) is 21.8 Å². The number of nitrogens with two attached hydrogens (primary N) is 2. The molecule has 1 rings (SSSR count). The van der Waals surface area contributed by atoms with E-state index in [1.165, 1.54) is 26.2 Å². The summed E-state index contributed by atoms with van der Waals surface area (Å²) in [6, 6.07) is 3.06. The van der Waals surface area contributed by atoms with Crippen LogP contribution in [0.15, 0.2) is 12.1 Å². The van der Waals surface area contributed by atoms with Gasteiger partial charge in [-0.3, -0.25) is 0 Å². The Morgan fingerprint density at radius 2 is 1.94 bits per heavy atom. The second-order valence-electron chi connectivity index (χ2n) is 3.92. The summed E-state index contributed by atoms with van der Waals surface area (Å²) in [6.45, 7) is 1.35. The van der Waals surface area contributed by atoms with Crippen molar-refractivity contribution in [2.24, 2.45) is 5.73 Å². The minimum absolute atomic E-state index is 0.112. The molecule has 4 N–H and O–H groups in total.